The quantitative estimate of drug-likeness (QED) is 0.770. The Bertz CT molecular complexity index is 571. The highest BCUT2D eigenvalue weighted by Gasteiger charge is 2.17. The Kier molecular flexibility index (Phi) is 2.38. The van der Waals surface area contributed by atoms with Crippen LogP contribution in [0.15, 0.2) is 6.58 Å². The lowest BCUT2D eigenvalue weighted by atomic mass is 10.1. The fourth-order valence-corrected chi connectivity index (χ4v) is 1.80. The first-order valence-corrected chi connectivity index (χ1v) is 4.96. The molecule has 0 saturated carbocycles. The van der Waals surface area contributed by atoms with E-state index in [1.807, 2.05) is 20.9 Å². The van der Waals surface area contributed by atoms with E-state index in [1.54, 1.807) is 11.8 Å². The van der Waals surface area contributed by atoms with Crippen LogP contribution in [0.1, 0.15) is 18.3 Å². The average molecular weight is 218 g/mol. The van der Waals surface area contributed by atoms with E-state index >= 15 is 0 Å². The highest BCUT2D eigenvalue weighted by atomic mass is 16.5. The van der Waals surface area contributed by atoms with Gasteiger partial charge in [-0.05, 0) is 19.4 Å². The van der Waals surface area contributed by atoms with Crippen LogP contribution in [0.4, 0.5) is 0 Å². The zero-order chi connectivity index (χ0) is 11.9. The van der Waals surface area contributed by atoms with Gasteiger partial charge in [0.2, 0.25) is 5.88 Å². The van der Waals surface area contributed by atoms with Gasteiger partial charge in [0.05, 0.1) is 23.7 Å². The third-order valence-electron chi connectivity index (χ3n) is 2.49. The number of hydrogen-bond donors (Lipinski definition) is 0. The molecule has 0 atom stereocenters. The largest absolute Gasteiger partial charge is 0.479 e. The van der Waals surface area contributed by atoms with Gasteiger partial charge in [-0.25, -0.2) is 0 Å². The second-order valence-corrected chi connectivity index (χ2v) is 3.77. The molecule has 0 spiro atoms. The molecule has 0 aliphatic rings. The van der Waals surface area contributed by atoms with Crippen molar-refractivity contribution in [1.29, 1.82) is 0 Å². The molecule has 0 N–H and O–H groups in total. The maximum atomic E-state index is 5.22. The summed E-state index contributed by atoms with van der Waals surface area (Å²) in [4.78, 5) is 0. The van der Waals surface area contributed by atoms with Gasteiger partial charge in [-0.3, -0.25) is 4.68 Å². The molecule has 0 fully saturated rings. The van der Waals surface area contributed by atoms with Crippen LogP contribution in [0.25, 0.3) is 16.5 Å². The number of nitrogens with zero attached hydrogens (tertiary/aromatic N) is 4. The van der Waals surface area contributed by atoms with Gasteiger partial charge in [0.1, 0.15) is 5.69 Å². The van der Waals surface area contributed by atoms with Gasteiger partial charge < -0.3 is 4.74 Å². The van der Waals surface area contributed by atoms with Crippen LogP contribution in [-0.2, 0) is 7.05 Å². The van der Waals surface area contributed by atoms with Gasteiger partial charge in [0, 0.05) is 7.05 Å². The molecule has 2 rings (SSSR count). The van der Waals surface area contributed by atoms with Crippen molar-refractivity contribution in [3.8, 4) is 5.88 Å². The summed E-state index contributed by atoms with van der Waals surface area (Å²) in [5, 5.41) is 13.4. The fraction of sp³-hybridized carbons (Fsp3) is 0.364. The molecule has 0 aromatic carbocycles. The van der Waals surface area contributed by atoms with Crippen LogP contribution >= 0.6 is 0 Å². The van der Waals surface area contributed by atoms with Gasteiger partial charge in [-0.15, -0.1) is 10.2 Å². The van der Waals surface area contributed by atoms with E-state index in [0.717, 1.165) is 27.9 Å². The van der Waals surface area contributed by atoms with E-state index in [1.165, 1.54) is 0 Å². The maximum Gasteiger partial charge on any atom is 0.245 e. The van der Waals surface area contributed by atoms with E-state index in [9.17, 15) is 0 Å². The lowest BCUT2D eigenvalue weighted by Crippen LogP contribution is -1.97. The summed E-state index contributed by atoms with van der Waals surface area (Å²) in [7, 11) is 3.46. The molecule has 0 aliphatic heterocycles. The van der Waals surface area contributed by atoms with E-state index in [-0.39, 0.29) is 0 Å². The second-order valence-electron chi connectivity index (χ2n) is 3.77. The van der Waals surface area contributed by atoms with E-state index in [0.29, 0.717) is 5.88 Å². The third kappa shape index (κ3) is 1.36. The van der Waals surface area contributed by atoms with Crippen molar-refractivity contribution < 1.29 is 4.74 Å². The molecule has 0 radical (unpaired) electrons. The molecule has 84 valence electrons. The second kappa shape index (κ2) is 3.59. The summed E-state index contributed by atoms with van der Waals surface area (Å²) in [6.07, 6.45) is 0. The van der Waals surface area contributed by atoms with Crippen molar-refractivity contribution in [2.75, 3.05) is 7.11 Å². The van der Waals surface area contributed by atoms with Gasteiger partial charge in [0.15, 0.2) is 0 Å². The maximum absolute atomic E-state index is 5.22. The van der Waals surface area contributed by atoms with Crippen LogP contribution < -0.4 is 4.74 Å². The molecule has 0 unspecified atom stereocenters. The first kappa shape index (κ1) is 10.6. The van der Waals surface area contributed by atoms with Crippen molar-refractivity contribution in [3.63, 3.8) is 0 Å². The minimum atomic E-state index is 0.492. The number of ether oxygens (including phenoxy) is 1. The van der Waals surface area contributed by atoms with E-state index in [2.05, 4.69) is 21.9 Å². The molecule has 0 amide bonds. The normalized spacial score (nSPS) is 10.8. The summed E-state index contributed by atoms with van der Waals surface area (Å²) < 4.78 is 7.00. The van der Waals surface area contributed by atoms with Gasteiger partial charge in [-0.2, -0.15) is 5.10 Å². The molecular weight excluding hydrogens is 204 g/mol. The van der Waals surface area contributed by atoms with Crippen LogP contribution in [-0.4, -0.2) is 27.1 Å². The summed E-state index contributed by atoms with van der Waals surface area (Å²) in [5.74, 6) is 0.492. The van der Waals surface area contributed by atoms with Gasteiger partial charge in [0.25, 0.3) is 0 Å². The van der Waals surface area contributed by atoms with Crippen LogP contribution in [0.3, 0.4) is 0 Å². The Labute approximate surface area is 93.7 Å². The summed E-state index contributed by atoms with van der Waals surface area (Å²) in [5.41, 5.74) is 3.46. The van der Waals surface area contributed by atoms with Crippen molar-refractivity contribution in [2.24, 2.45) is 7.05 Å². The van der Waals surface area contributed by atoms with Crippen LogP contribution in [0.5, 0.6) is 5.88 Å². The summed E-state index contributed by atoms with van der Waals surface area (Å²) in [6.45, 7) is 7.73. The van der Waals surface area contributed by atoms with Crippen molar-refractivity contribution >= 4 is 16.5 Å². The van der Waals surface area contributed by atoms with E-state index < -0.39 is 0 Å². The molecule has 0 bridgehead atoms. The van der Waals surface area contributed by atoms with Crippen molar-refractivity contribution in [3.05, 3.63) is 18.0 Å². The van der Waals surface area contributed by atoms with E-state index in [4.69, 9.17) is 4.74 Å². The minimum Gasteiger partial charge on any atom is -0.479 e. The molecule has 2 aromatic rings. The number of methoxy groups -OCH3 is 1. The number of aryl methyl sites for hydroxylation is 2. The monoisotopic (exact) mass is 218 g/mol. The predicted octanol–water partition coefficient (Wildman–Crippen LogP) is 1.71. The molecular formula is C11H14N4O. The lowest BCUT2D eigenvalue weighted by molar-refractivity contribution is 0.397. The zero-order valence-corrected chi connectivity index (χ0v) is 9.90. The van der Waals surface area contributed by atoms with Crippen LogP contribution in [0, 0.1) is 6.92 Å². The molecule has 5 nitrogen and oxygen atoms in total. The first-order chi connectivity index (χ1) is 7.56. The molecule has 0 saturated heterocycles. The Balaban J connectivity index is 2.95. The number of hydrogen-bond acceptors (Lipinski definition) is 4. The predicted molar refractivity (Wildman–Crippen MR) is 62.3 cm³/mol. The number of rotatable bonds is 2. The molecule has 16 heavy (non-hydrogen) atoms. The SMILES string of the molecule is C=C(C)c1nn(C)c2c(C)nnc(OC)c12. The summed E-state index contributed by atoms with van der Waals surface area (Å²) >= 11 is 0. The highest BCUT2D eigenvalue weighted by Crippen LogP contribution is 2.30. The number of aromatic nitrogens is 4. The molecule has 0 aliphatic carbocycles. The highest BCUT2D eigenvalue weighted by molar-refractivity contribution is 5.94. The smallest absolute Gasteiger partial charge is 0.245 e. The standard InChI is InChI=1S/C11H14N4O/c1-6(2)9-8-10(15(4)14-9)7(3)12-13-11(8)16-5/h1H2,2-5H3. The summed E-state index contributed by atoms with van der Waals surface area (Å²) in [6, 6.07) is 0. The Morgan fingerprint density at radius 3 is 2.62 bits per heavy atom. The van der Waals surface area contributed by atoms with Crippen LogP contribution in [0.2, 0.25) is 0 Å². The van der Waals surface area contributed by atoms with Crippen molar-refractivity contribution in [1.82, 2.24) is 20.0 Å². The van der Waals surface area contributed by atoms with Gasteiger partial charge in [-0.1, -0.05) is 6.58 Å². The Morgan fingerprint density at radius 2 is 2.06 bits per heavy atom. The fourth-order valence-electron chi connectivity index (χ4n) is 1.80. The number of allylic oxidation sites excluding steroid dienone is 1. The minimum absolute atomic E-state index is 0.492. The number of fused-ring (bicyclic) bond motifs is 1. The van der Waals surface area contributed by atoms with Crippen molar-refractivity contribution in [2.45, 2.75) is 13.8 Å². The zero-order valence-electron chi connectivity index (χ0n) is 9.90. The molecule has 5 heteroatoms. The Morgan fingerprint density at radius 1 is 1.38 bits per heavy atom. The Hall–Kier alpha value is -1.91. The van der Waals surface area contributed by atoms with Gasteiger partial charge >= 0.3 is 0 Å². The topological polar surface area (TPSA) is 52.8 Å². The third-order valence-corrected chi connectivity index (χ3v) is 2.49. The molecule has 2 heterocycles. The first-order valence-electron chi connectivity index (χ1n) is 4.96. The average Bonchev–Trinajstić information content (AvgIpc) is 2.58. The molecule has 2 aromatic heterocycles. The lowest BCUT2D eigenvalue weighted by Gasteiger charge is -2.03.